The molecule has 0 amide bonds. The summed E-state index contributed by atoms with van der Waals surface area (Å²) in [5.41, 5.74) is 3.17. The van der Waals surface area contributed by atoms with Crippen molar-refractivity contribution in [2.75, 3.05) is 0 Å². The van der Waals surface area contributed by atoms with E-state index in [4.69, 9.17) is 16.7 Å². The molecule has 20 heavy (non-hydrogen) atoms. The van der Waals surface area contributed by atoms with E-state index in [1.807, 2.05) is 35.1 Å². The summed E-state index contributed by atoms with van der Waals surface area (Å²) in [5, 5.41) is 14.1. The fourth-order valence-electron chi connectivity index (χ4n) is 2.88. The molecule has 1 heterocycles. The van der Waals surface area contributed by atoms with Gasteiger partial charge < -0.3 is 5.11 Å². The highest BCUT2D eigenvalue weighted by atomic mass is 35.5. The van der Waals surface area contributed by atoms with E-state index in [1.165, 1.54) is 0 Å². The van der Waals surface area contributed by atoms with E-state index in [0.717, 1.165) is 36.2 Å². The number of carboxylic acids is 1. The molecule has 0 fully saturated rings. The molecule has 1 aliphatic carbocycles. The summed E-state index contributed by atoms with van der Waals surface area (Å²) in [6.45, 7) is 0. The van der Waals surface area contributed by atoms with Crippen LogP contribution in [0.5, 0.6) is 0 Å². The molecule has 0 saturated heterocycles. The Kier molecular flexibility index (Phi) is 3.49. The summed E-state index contributed by atoms with van der Waals surface area (Å²) in [5.74, 6) is -0.667. The third kappa shape index (κ3) is 2.43. The van der Waals surface area contributed by atoms with Crippen LogP contribution in [0.4, 0.5) is 0 Å². The van der Waals surface area contributed by atoms with Crippen molar-refractivity contribution >= 4 is 17.6 Å². The third-order valence-corrected chi connectivity index (χ3v) is 4.05. The predicted octanol–water partition coefficient (Wildman–Crippen LogP) is 3.42. The summed E-state index contributed by atoms with van der Waals surface area (Å²) in [4.78, 5) is 10.9. The summed E-state index contributed by atoms with van der Waals surface area (Å²) in [7, 11) is 0. The molecule has 0 radical (unpaired) electrons. The van der Waals surface area contributed by atoms with Gasteiger partial charge >= 0.3 is 5.97 Å². The lowest BCUT2D eigenvalue weighted by Gasteiger charge is -2.21. The minimum Gasteiger partial charge on any atom is -0.481 e. The second-order valence-corrected chi connectivity index (χ2v) is 5.56. The molecule has 4 nitrogen and oxygen atoms in total. The number of hydrogen-bond acceptors (Lipinski definition) is 2. The van der Waals surface area contributed by atoms with Gasteiger partial charge in [-0.05, 0) is 55.0 Å². The number of carbonyl (C=O) groups is 1. The van der Waals surface area contributed by atoms with Crippen molar-refractivity contribution in [3.63, 3.8) is 0 Å². The van der Waals surface area contributed by atoms with Crippen LogP contribution in [-0.2, 0) is 11.2 Å². The zero-order valence-electron chi connectivity index (χ0n) is 10.9. The maximum atomic E-state index is 10.9. The minimum atomic E-state index is -0.748. The van der Waals surface area contributed by atoms with E-state index in [2.05, 4.69) is 5.10 Å². The number of halogens is 1. The van der Waals surface area contributed by atoms with Gasteiger partial charge in [-0.3, -0.25) is 4.79 Å². The van der Waals surface area contributed by atoms with Gasteiger partial charge in [-0.15, -0.1) is 0 Å². The second-order valence-electron chi connectivity index (χ2n) is 5.12. The molecule has 0 spiro atoms. The molecule has 2 aromatic rings. The van der Waals surface area contributed by atoms with Crippen LogP contribution < -0.4 is 0 Å². The average molecular weight is 291 g/mol. The number of aliphatic carboxylic acids is 1. The van der Waals surface area contributed by atoms with Gasteiger partial charge in [0.2, 0.25) is 0 Å². The number of rotatable bonds is 3. The SMILES string of the molecule is O=C(O)CC1CCCc2c1cnn2-c1ccc(Cl)cc1. The molecule has 1 atom stereocenters. The molecule has 1 unspecified atom stereocenters. The largest absolute Gasteiger partial charge is 0.481 e. The summed E-state index contributed by atoms with van der Waals surface area (Å²) in [6.07, 6.45) is 4.86. The van der Waals surface area contributed by atoms with E-state index in [1.54, 1.807) is 0 Å². The first-order valence-electron chi connectivity index (χ1n) is 6.69. The van der Waals surface area contributed by atoms with Crippen LogP contribution in [0.25, 0.3) is 5.69 Å². The Bertz CT molecular complexity index is 634. The zero-order chi connectivity index (χ0) is 14.1. The Morgan fingerprint density at radius 2 is 2.15 bits per heavy atom. The highest BCUT2D eigenvalue weighted by Gasteiger charge is 2.26. The van der Waals surface area contributed by atoms with E-state index in [0.29, 0.717) is 5.02 Å². The maximum Gasteiger partial charge on any atom is 0.303 e. The molecule has 0 bridgehead atoms. The average Bonchev–Trinajstić information content (AvgIpc) is 2.84. The van der Waals surface area contributed by atoms with Gasteiger partial charge in [-0.1, -0.05) is 11.6 Å². The van der Waals surface area contributed by atoms with E-state index >= 15 is 0 Å². The lowest BCUT2D eigenvalue weighted by atomic mass is 9.85. The van der Waals surface area contributed by atoms with Crippen molar-refractivity contribution in [1.82, 2.24) is 9.78 Å². The Morgan fingerprint density at radius 3 is 2.85 bits per heavy atom. The monoisotopic (exact) mass is 290 g/mol. The topological polar surface area (TPSA) is 55.1 Å². The first-order chi connectivity index (χ1) is 9.65. The number of aromatic nitrogens is 2. The lowest BCUT2D eigenvalue weighted by Crippen LogP contribution is -2.14. The van der Waals surface area contributed by atoms with Gasteiger partial charge in [0.1, 0.15) is 0 Å². The van der Waals surface area contributed by atoms with Crippen molar-refractivity contribution in [3.8, 4) is 5.69 Å². The molecule has 1 N–H and O–H groups in total. The molecule has 104 valence electrons. The molecular formula is C15H15ClN2O2. The van der Waals surface area contributed by atoms with Crippen molar-refractivity contribution < 1.29 is 9.90 Å². The standard InChI is InChI=1S/C15H15ClN2O2/c16-11-4-6-12(7-5-11)18-14-3-1-2-10(8-15(19)20)13(14)9-17-18/h4-7,9-10H,1-3,8H2,(H,19,20). The first-order valence-corrected chi connectivity index (χ1v) is 7.07. The molecule has 5 heteroatoms. The summed E-state index contributed by atoms with van der Waals surface area (Å²) < 4.78 is 1.90. The summed E-state index contributed by atoms with van der Waals surface area (Å²) >= 11 is 5.90. The number of fused-ring (bicyclic) bond motifs is 1. The second kappa shape index (κ2) is 5.29. The fraction of sp³-hybridized carbons (Fsp3) is 0.333. The van der Waals surface area contributed by atoms with Crippen LogP contribution in [0.15, 0.2) is 30.5 Å². The van der Waals surface area contributed by atoms with Crippen molar-refractivity contribution in [3.05, 3.63) is 46.7 Å². The number of nitrogens with zero attached hydrogens (tertiary/aromatic N) is 2. The normalized spacial score (nSPS) is 17.8. The van der Waals surface area contributed by atoms with Crippen molar-refractivity contribution in [2.45, 2.75) is 31.6 Å². The molecule has 3 rings (SSSR count). The number of carboxylic acid groups (broad SMARTS) is 1. The highest BCUT2D eigenvalue weighted by molar-refractivity contribution is 6.30. The van der Waals surface area contributed by atoms with Crippen LogP contribution in [0.1, 0.15) is 36.4 Å². The smallest absolute Gasteiger partial charge is 0.303 e. The quantitative estimate of drug-likeness (QED) is 0.942. The molecular weight excluding hydrogens is 276 g/mol. The minimum absolute atomic E-state index is 0.0808. The Morgan fingerprint density at radius 1 is 1.40 bits per heavy atom. The van der Waals surface area contributed by atoms with Gasteiger partial charge in [0.15, 0.2) is 0 Å². The fourth-order valence-corrected chi connectivity index (χ4v) is 3.00. The lowest BCUT2D eigenvalue weighted by molar-refractivity contribution is -0.137. The first kappa shape index (κ1) is 13.2. The molecule has 0 aliphatic heterocycles. The van der Waals surface area contributed by atoms with Crippen molar-refractivity contribution in [2.24, 2.45) is 0 Å². The van der Waals surface area contributed by atoms with Gasteiger partial charge in [-0.25, -0.2) is 4.68 Å². The van der Waals surface area contributed by atoms with E-state index < -0.39 is 5.97 Å². The molecule has 1 aliphatic rings. The predicted molar refractivity (Wildman–Crippen MR) is 76.5 cm³/mol. The Labute approximate surface area is 122 Å². The molecule has 1 aromatic heterocycles. The van der Waals surface area contributed by atoms with E-state index in [-0.39, 0.29) is 12.3 Å². The molecule has 1 aromatic carbocycles. The van der Waals surface area contributed by atoms with Gasteiger partial charge in [0, 0.05) is 10.7 Å². The van der Waals surface area contributed by atoms with Crippen LogP contribution >= 0.6 is 11.6 Å². The Balaban J connectivity index is 1.97. The highest BCUT2D eigenvalue weighted by Crippen LogP contribution is 2.34. The number of hydrogen-bond donors (Lipinski definition) is 1. The van der Waals surface area contributed by atoms with Crippen molar-refractivity contribution in [1.29, 1.82) is 0 Å². The molecule has 0 saturated carbocycles. The van der Waals surface area contributed by atoms with Gasteiger partial charge in [0.25, 0.3) is 0 Å². The summed E-state index contributed by atoms with van der Waals surface area (Å²) in [6, 6.07) is 7.53. The van der Waals surface area contributed by atoms with Gasteiger partial charge in [0.05, 0.1) is 18.3 Å². The maximum absolute atomic E-state index is 10.9. The Hall–Kier alpha value is -1.81. The van der Waals surface area contributed by atoms with E-state index in [9.17, 15) is 4.79 Å². The third-order valence-electron chi connectivity index (χ3n) is 3.80. The van der Waals surface area contributed by atoms with Gasteiger partial charge in [-0.2, -0.15) is 5.10 Å². The van der Waals surface area contributed by atoms with Crippen LogP contribution in [0, 0.1) is 0 Å². The van der Waals surface area contributed by atoms with Crippen LogP contribution in [-0.4, -0.2) is 20.9 Å². The van der Waals surface area contributed by atoms with Crippen LogP contribution in [0.2, 0.25) is 5.02 Å². The van der Waals surface area contributed by atoms with Crippen LogP contribution in [0.3, 0.4) is 0 Å². The zero-order valence-corrected chi connectivity index (χ0v) is 11.7. The number of benzene rings is 1.